The first kappa shape index (κ1) is 21.0. The summed E-state index contributed by atoms with van der Waals surface area (Å²) in [6, 6.07) is -0.141. The largest absolute Gasteiger partial charge is 0.354 e. The normalized spacial score (nSPS) is 33.9. The lowest BCUT2D eigenvalue weighted by atomic mass is 9.71. The quantitative estimate of drug-likeness (QED) is 0.552. The van der Waals surface area contributed by atoms with Crippen LogP contribution in [-0.4, -0.2) is 38.5 Å². The Labute approximate surface area is 170 Å². The van der Waals surface area contributed by atoms with Crippen LogP contribution in [0.5, 0.6) is 0 Å². The highest BCUT2D eigenvalue weighted by Gasteiger charge is 2.51. The van der Waals surface area contributed by atoms with Gasteiger partial charge in [-0.1, -0.05) is 75.3 Å². The minimum atomic E-state index is -0.648. The summed E-state index contributed by atoms with van der Waals surface area (Å²) in [4.78, 5) is 22.7. The molecule has 0 aliphatic heterocycles. The van der Waals surface area contributed by atoms with Crippen LogP contribution >= 0.6 is 0 Å². The van der Waals surface area contributed by atoms with Crippen molar-refractivity contribution in [3.8, 4) is 0 Å². The lowest BCUT2D eigenvalue weighted by Gasteiger charge is -2.38. The van der Waals surface area contributed by atoms with Crippen LogP contribution in [0.1, 0.15) is 40.5 Å². The van der Waals surface area contributed by atoms with Crippen molar-refractivity contribution in [2.45, 2.75) is 65.7 Å². The summed E-state index contributed by atoms with van der Waals surface area (Å²) < 4.78 is 0. The van der Waals surface area contributed by atoms with Crippen molar-refractivity contribution in [2.24, 2.45) is 23.2 Å². The fraction of sp³-hybridized carbons (Fsp3) is 0.609. The lowest BCUT2D eigenvalue weighted by Crippen LogP contribution is -2.52. The van der Waals surface area contributed by atoms with Gasteiger partial charge in [0.25, 0.3) is 0 Å². The third-order valence-corrected chi connectivity index (χ3v) is 9.14. The maximum absolute atomic E-state index is 11.4. The van der Waals surface area contributed by atoms with Gasteiger partial charge in [0.1, 0.15) is 0 Å². The van der Waals surface area contributed by atoms with Gasteiger partial charge in [-0.15, -0.1) is 0 Å². The Kier molecular flexibility index (Phi) is 5.94. The molecule has 0 bridgehead atoms. The molecule has 2 N–H and O–H groups in total. The first-order chi connectivity index (χ1) is 13.3. The molecule has 0 radical (unpaired) electrons. The second kappa shape index (κ2) is 7.94. The Morgan fingerprint density at radius 1 is 1.14 bits per heavy atom. The molecule has 0 aromatic carbocycles. The molecule has 28 heavy (non-hydrogen) atoms. The van der Waals surface area contributed by atoms with Gasteiger partial charge < -0.3 is 10.6 Å². The van der Waals surface area contributed by atoms with Gasteiger partial charge in [-0.05, 0) is 35.7 Å². The van der Waals surface area contributed by atoms with Crippen LogP contribution in [0.25, 0.3) is 0 Å². The van der Waals surface area contributed by atoms with Gasteiger partial charge in [0.15, 0.2) is 0 Å². The fourth-order valence-electron chi connectivity index (χ4n) is 6.17. The van der Waals surface area contributed by atoms with E-state index in [0.29, 0.717) is 11.8 Å². The minimum Gasteiger partial charge on any atom is -0.354 e. The molecular formula is C23H34N2O2Si. The van der Waals surface area contributed by atoms with Crippen molar-refractivity contribution in [3.63, 3.8) is 0 Å². The Balaban J connectivity index is 2.19. The summed E-state index contributed by atoms with van der Waals surface area (Å²) in [5.41, 5.74) is 4.63. The highest BCUT2D eigenvalue weighted by molar-refractivity contribution is 6.73. The number of carbonyl (C=O) groups is 2. The van der Waals surface area contributed by atoms with Gasteiger partial charge >= 0.3 is 0 Å². The predicted molar refractivity (Wildman–Crippen MR) is 118 cm³/mol. The number of allylic oxidation sites excluding steroid dienone is 5. The molecule has 3 aliphatic rings. The van der Waals surface area contributed by atoms with E-state index in [4.69, 9.17) is 0 Å². The topological polar surface area (TPSA) is 58.2 Å². The van der Waals surface area contributed by atoms with Crippen LogP contribution in [0, 0.1) is 23.2 Å². The zero-order valence-corrected chi connectivity index (χ0v) is 19.0. The van der Waals surface area contributed by atoms with Crippen LogP contribution in [0.2, 0.25) is 13.1 Å². The molecular weight excluding hydrogens is 364 g/mol. The summed E-state index contributed by atoms with van der Waals surface area (Å²) >= 11 is 0. The highest BCUT2D eigenvalue weighted by Crippen LogP contribution is 2.55. The van der Waals surface area contributed by atoms with Crippen LogP contribution < -0.4 is 10.6 Å². The van der Waals surface area contributed by atoms with Gasteiger partial charge in [0.2, 0.25) is 12.8 Å². The first-order valence-corrected chi connectivity index (χ1v) is 12.9. The molecule has 4 nitrogen and oxygen atoms in total. The lowest BCUT2D eigenvalue weighted by molar-refractivity contribution is -0.113. The van der Waals surface area contributed by atoms with Crippen molar-refractivity contribution < 1.29 is 9.59 Å². The van der Waals surface area contributed by atoms with Crippen molar-refractivity contribution in [1.82, 2.24) is 10.6 Å². The third kappa shape index (κ3) is 3.28. The average molecular weight is 399 g/mol. The van der Waals surface area contributed by atoms with Crippen LogP contribution in [0.3, 0.4) is 0 Å². The predicted octanol–water partition coefficient (Wildman–Crippen LogP) is 3.24. The highest BCUT2D eigenvalue weighted by atomic mass is 28.2. The molecule has 0 spiro atoms. The number of hydrogen-bond acceptors (Lipinski definition) is 2. The summed E-state index contributed by atoms with van der Waals surface area (Å²) in [7, 11) is -0.648. The van der Waals surface area contributed by atoms with E-state index in [1.165, 1.54) is 11.1 Å². The van der Waals surface area contributed by atoms with Crippen molar-refractivity contribution >= 4 is 26.4 Å². The van der Waals surface area contributed by atoms with Gasteiger partial charge in [0.05, 0.1) is 12.1 Å². The second-order valence-electron chi connectivity index (χ2n) is 9.40. The Bertz CT molecular complexity index is 786. The molecule has 3 rings (SSSR count). The van der Waals surface area contributed by atoms with Crippen molar-refractivity contribution in [1.29, 1.82) is 0 Å². The molecule has 0 fully saturated rings. The van der Waals surface area contributed by atoms with Crippen molar-refractivity contribution in [2.75, 3.05) is 0 Å². The Hall–Kier alpha value is -1.75. The van der Waals surface area contributed by atoms with Crippen LogP contribution in [0.4, 0.5) is 0 Å². The molecule has 0 heterocycles. The zero-order valence-electron chi connectivity index (χ0n) is 18.0. The molecule has 5 atom stereocenters. The number of nitrogens with one attached hydrogen (secondary N) is 2. The van der Waals surface area contributed by atoms with Gasteiger partial charge in [-0.25, -0.2) is 0 Å². The molecule has 5 unspecified atom stereocenters. The van der Waals surface area contributed by atoms with E-state index in [9.17, 15) is 9.59 Å². The average Bonchev–Trinajstić information content (AvgIpc) is 3.19. The second-order valence-corrected chi connectivity index (χ2v) is 11.9. The van der Waals surface area contributed by atoms with Crippen LogP contribution in [0.15, 0.2) is 34.9 Å². The first-order valence-electron chi connectivity index (χ1n) is 10.4. The third-order valence-electron chi connectivity index (χ3n) is 7.23. The summed E-state index contributed by atoms with van der Waals surface area (Å²) in [5, 5.41) is 7.71. The standard InChI is InChI=1S/C23H34N2O2Si/c1-14-15(2)21(25-13-27)18(24-12-26)11-17-19(14)22(28(5)6)23(3,4)20(17)16-9-7-8-10-16/h7-9,12-15,18,20-21H,10-11H2,1-6H3,(H,24,26)(H,25,27). The molecule has 0 aromatic heterocycles. The minimum absolute atomic E-state index is 0.0617. The van der Waals surface area contributed by atoms with E-state index < -0.39 is 8.41 Å². The molecule has 3 aliphatic carbocycles. The number of hydrogen-bond donors (Lipinski definition) is 2. The molecule has 0 saturated heterocycles. The van der Waals surface area contributed by atoms with E-state index in [0.717, 1.165) is 25.7 Å². The van der Waals surface area contributed by atoms with E-state index in [-0.39, 0.29) is 23.4 Å². The fourth-order valence-corrected chi connectivity index (χ4v) is 8.53. The molecule has 0 aromatic rings. The molecule has 5 heteroatoms. The van der Waals surface area contributed by atoms with E-state index in [1.54, 1.807) is 10.7 Å². The SMILES string of the molecule is CC1C2=C(CC(NC=O)C(NC=O)C1C)C(C1=CC=CC1)C(C)(C)C2=[Si](C)C. The maximum atomic E-state index is 11.4. The monoisotopic (exact) mass is 398 g/mol. The van der Waals surface area contributed by atoms with Crippen LogP contribution in [-0.2, 0) is 9.59 Å². The number of amides is 2. The summed E-state index contributed by atoms with van der Waals surface area (Å²) in [6.07, 6.45) is 10.1. The summed E-state index contributed by atoms with van der Waals surface area (Å²) in [5.74, 6) is 0.977. The van der Waals surface area contributed by atoms with Gasteiger partial charge in [0, 0.05) is 14.3 Å². The van der Waals surface area contributed by atoms with E-state index >= 15 is 0 Å². The van der Waals surface area contributed by atoms with Gasteiger partial charge in [-0.2, -0.15) is 0 Å². The smallest absolute Gasteiger partial charge is 0.207 e. The number of carbonyl (C=O) groups excluding carboxylic acids is 2. The zero-order chi connectivity index (χ0) is 20.6. The van der Waals surface area contributed by atoms with Gasteiger partial charge in [-0.3, -0.25) is 9.59 Å². The Morgan fingerprint density at radius 2 is 1.82 bits per heavy atom. The molecule has 0 saturated carbocycles. The van der Waals surface area contributed by atoms with E-state index in [1.807, 2.05) is 0 Å². The molecule has 2 amide bonds. The van der Waals surface area contributed by atoms with Crippen molar-refractivity contribution in [3.05, 3.63) is 34.9 Å². The Morgan fingerprint density at radius 3 is 2.36 bits per heavy atom. The maximum Gasteiger partial charge on any atom is 0.207 e. The molecule has 152 valence electrons. The summed E-state index contributed by atoms with van der Waals surface area (Å²) in [6.45, 7) is 14.2. The van der Waals surface area contributed by atoms with E-state index in [2.05, 4.69) is 69.7 Å². The number of rotatable bonds is 5.